The fourth-order valence-corrected chi connectivity index (χ4v) is 8.27. The molecule has 0 spiro atoms. The third kappa shape index (κ3) is 3.97. The summed E-state index contributed by atoms with van der Waals surface area (Å²) in [6.45, 7) is 9.74. The van der Waals surface area contributed by atoms with Gasteiger partial charge in [0.15, 0.2) is 5.78 Å². The van der Waals surface area contributed by atoms with Crippen molar-refractivity contribution in [1.29, 1.82) is 0 Å². The number of hydrogen-bond donors (Lipinski definition) is 1. The second-order valence-electron chi connectivity index (χ2n) is 12.5. The van der Waals surface area contributed by atoms with Crippen LogP contribution in [0.3, 0.4) is 0 Å². The Kier molecular flexibility index (Phi) is 6.90. The van der Waals surface area contributed by atoms with E-state index in [1.54, 1.807) is 27.7 Å². The van der Waals surface area contributed by atoms with Crippen LogP contribution in [0.15, 0.2) is 23.0 Å². The molecule has 2 heterocycles. The highest BCUT2D eigenvalue weighted by atomic mass is 16.6. The SMILES string of the molecule is COC(=O)C[C@@]1(O)[C@](C)(C(=O)c2ccoc2)CC[C@@H]2[C@]3(C)C(CC(=O)[C@]21C)C(C)(C)OC(=O)C[C@@H]3OC(C)=O. The van der Waals surface area contributed by atoms with Gasteiger partial charge >= 0.3 is 17.9 Å². The molecule has 10 heteroatoms. The first-order valence-electron chi connectivity index (χ1n) is 13.3. The maximum Gasteiger partial charge on any atom is 0.310 e. The second kappa shape index (κ2) is 9.28. The van der Waals surface area contributed by atoms with E-state index in [1.165, 1.54) is 32.6 Å². The Hall–Kier alpha value is -3.01. The first-order chi connectivity index (χ1) is 18.0. The molecule has 1 aromatic heterocycles. The minimum absolute atomic E-state index is 0.113. The summed E-state index contributed by atoms with van der Waals surface area (Å²) in [4.78, 5) is 66.2. The number of furan rings is 1. The van der Waals surface area contributed by atoms with Crippen molar-refractivity contribution in [3.63, 3.8) is 0 Å². The summed E-state index contributed by atoms with van der Waals surface area (Å²) in [7, 11) is 1.18. The summed E-state index contributed by atoms with van der Waals surface area (Å²) in [5.41, 5.74) is -7.32. The number of ether oxygens (including phenoxy) is 3. The quantitative estimate of drug-likeness (QED) is 0.331. The predicted molar refractivity (Wildman–Crippen MR) is 135 cm³/mol. The van der Waals surface area contributed by atoms with Crippen LogP contribution in [-0.2, 0) is 33.4 Å². The van der Waals surface area contributed by atoms with Gasteiger partial charge in [-0.3, -0.25) is 24.0 Å². The van der Waals surface area contributed by atoms with Gasteiger partial charge in [-0.2, -0.15) is 0 Å². The fraction of sp³-hybridized carbons (Fsp3) is 0.690. The lowest BCUT2D eigenvalue weighted by atomic mass is 9.36. The van der Waals surface area contributed by atoms with Gasteiger partial charge in [0.05, 0.1) is 42.6 Å². The van der Waals surface area contributed by atoms with E-state index in [-0.39, 0.29) is 37.0 Å². The van der Waals surface area contributed by atoms with Crippen LogP contribution in [-0.4, -0.2) is 59.0 Å². The van der Waals surface area contributed by atoms with Gasteiger partial charge in [-0.05, 0) is 52.5 Å². The monoisotopic (exact) mass is 546 g/mol. The van der Waals surface area contributed by atoms with Crippen LogP contribution in [0.2, 0.25) is 0 Å². The van der Waals surface area contributed by atoms with Crippen molar-refractivity contribution < 1.29 is 47.7 Å². The average molecular weight is 547 g/mol. The lowest BCUT2D eigenvalue weighted by Crippen LogP contribution is -2.75. The van der Waals surface area contributed by atoms with Crippen LogP contribution in [0.5, 0.6) is 0 Å². The van der Waals surface area contributed by atoms with E-state index in [4.69, 9.17) is 18.6 Å². The third-order valence-electron chi connectivity index (χ3n) is 10.4. The maximum absolute atomic E-state index is 14.3. The third-order valence-corrected chi connectivity index (χ3v) is 10.4. The lowest BCUT2D eigenvalue weighted by molar-refractivity contribution is -0.255. The van der Waals surface area contributed by atoms with E-state index in [2.05, 4.69) is 0 Å². The van der Waals surface area contributed by atoms with Gasteiger partial charge in [-0.1, -0.05) is 6.92 Å². The summed E-state index contributed by atoms with van der Waals surface area (Å²) >= 11 is 0. The van der Waals surface area contributed by atoms with E-state index < -0.39 is 75.5 Å². The van der Waals surface area contributed by atoms with Crippen molar-refractivity contribution >= 4 is 29.5 Å². The Balaban J connectivity index is 1.97. The van der Waals surface area contributed by atoms with E-state index in [0.29, 0.717) is 0 Å². The number of methoxy groups -OCH3 is 1. The number of aliphatic hydroxyl groups is 1. The maximum atomic E-state index is 14.3. The molecule has 3 aliphatic rings. The van der Waals surface area contributed by atoms with Crippen molar-refractivity contribution in [3.05, 3.63) is 24.2 Å². The molecule has 1 aromatic rings. The number of esters is 3. The Morgan fingerprint density at radius 1 is 1.08 bits per heavy atom. The number of carbonyl (C=O) groups excluding carboxylic acids is 5. The summed E-state index contributed by atoms with van der Waals surface area (Å²) in [5.74, 6) is -4.00. The van der Waals surface area contributed by atoms with Gasteiger partial charge in [0.2, 0.25) is 0 Å². The first-order valence-corrected chi connectivity index (χ1v) is 13.3. The highest BCUT2D eigenvalue weighted by molar-refractivity contribution is 6.03. The Bertz CT molecular complexity index is 1200. The molecule has 1 unspecified atom stereocenters. The number of fused-ring (bicyclic) bond motifs is 3. The topological polar surface area (TPSA) is 146 Å². The molecule has 10 nitrogen and oxygen atoms in total. The van der Waals surface area contributed by atoms with Crippen molar-refractivity contribution in [3.8, 4) is 0 Å². The highest BCUT2D eigenvalue weighted by Crippen LogP contribution is 2.70. The van der Waals surface area contributed by atoms with Crippen molar-refractivity contribution in [2.24, 2.45) is 28.1 Å². The molecule has 3 fully saturated rings. The van der Waals surface area contributed by atoms with Gasteiger partial charge in [-0.15, -0.1) is 0 Å². The second-order valence-corrected chi connectivity index (χ2v) is 12.5. The normalized spacial score (nSPS) is 39.4. The zero-order chi connectivity index (χ0) is 29.2. The summed E-state index contributed by atoms with van der Waals surface area (Å²) in [6.07, 6.45) is 1.09. The molecule has 1 aliphatic heterocycles. The molecule has 0 aromatic carbocycles. The highest BCUT2D eigenvalue weighted by Gasteiger charge is 2.77. The smallest absolute Gasteiger partial charge is 0.310 e. The molecule has 0 radical (unpaired) electrons. The molecule has 4 rings (SSSR count). The number of Topliss-reactive ketones (excluding diaryl/α,β-unsaturated/α-hetero) is 2. The Morgan fingerprint density at radius 2 is 1.74 bits per heavy atom. The van der Waals surface area contributed by atoms with Crippen LogP contribution in [0.25, 0.3) is 0 Å². The molecule has 214 valence electrons. The largest absolute Gasteiger partial charge is 0.472 e. The average Bonchev–Trinajstić information content (AvgIpc) is 3.36. The minimum Gasteiger partial charge on any atom is -0.472 e. The molecule has 1 saturated heterocycles. The van der Waals surface area contributed by atoms with Crippen LogP contribution < -0.4 is 0 Å². The Morgan fingerprint density at radius 3 is 2.31 bits per heavy atom. The number of rotatable bonds is 5. The number of hydrogen-bond acceptors (Lipinski definition) is 10. The first kappa shape index (κ1) is 29.0. The molecule has 0 bridgehead atoms. The molecule has 2 saturated carbocycles. The number of carbonyl (C=O) groups is 5. The number of ketones is 2. The van der Waals surface area contributed by atoms with Gasteiger partial charge in [0.25, 0.3) is 0 Å². The predicted octanol–water partition coefficient (Wildman–Crippen LogP) is 3.43. The van der Waals surface area contributed by atoms with Gasteiger partial charge in [-0.25, -0.2) is 0 Å². The molecule has 0 amide bonds. The summed E-state index contributed by atoms with van der Waals surface area (Å²) in [6, 6.07) is 1.48. The standard InChI is InChI=1S/C29H38O10/c1-16(30)38-21-13-22(32)39-25(2,3)19-12-20(31)28(6)18(27(19,21)5)8-10-26(4,24(34)17-9-11-37-15-17)29(28,35)14-23(33)36-7/h9,11,15,18-19,21,35H,8,10,12-14H2,1-7H3/t18-,19?,21+,26+,27-,28+,29-/m1/s1. The molecular weight excluding hydrogens is 508 g/mol. The van der Waals surface area contributed by atoms with Crippen molar-refractivity contribution in [2.75, 3.05) is 7.11 Å². The van der Waals surface area contributed by atoms with Gasteiger partial charge < -0.3 is 23.7 Å². The van der Waals surface area contributed by atoms with Gasteiger partial charge in [0, 0.05) is 24.7 Å². The van der Waals surface area contributed by atoms with Crippen LogP contribution in [0, 0.1) is 28.1 Å². The van der Waals surface area contributed by atoms with Crippen LogP contribution in [0.4, 0.5) is 0 Å². The molecule has 1 N–H and O–H groups in total. The molecular formula is C29H38O10. The fourth-order valence-electron chi connectivity index (χ4n) is 8.27. The van der Waals surface area contributed by atoms with E-state index in [9.17, 15) is 29.1 Å². The van der Waals surface area contributed by atoms with Crippen molar-refractivity contribution in [1.82, 2.24) is 0 Å². The van der Waals surface area contributed by atoms with E-state index >= 15 is 0 Å². The van der Waals surface area contributed by atoms with Gasteiger partial charge in [0.1, 0.15) is 29.4 Å². The van der Waals surface area contributed by atoms with Crippen LogP contribution >= 0.6 is 0 Å². The lowest BCUT2D eigenvalue weighted by Gasteiger charge is -2.67. The van der Waals surface area contributed by atoms with E-state index in [1.807, 2.05) is 6.92 Å². The number of cyclic esters (lactones) is 1. The molecule has 7 atom stereocenters. The molecule has 2 aliphatic carbocycles. The zero-order valence-corrected chi connectivity index (χ0v) is 23.6. The van der Waals surface area contributed by atoms with Crippen LogP contribution in [0.1, 0.15) is 84.0 Å². The minimum atomic E-state index is -2.18. The van der Waals surface area contributed by atoms with Crippen molar-refractivity contribution in [2.45, 2.75) is 91.0 Å². The summed E-state index contributed by atoms with van der Waals surface area (Å²) < 4.78 is 21.6. The Labute approximate surface area is 227 Å². The summed E-state index contributed by atoms with van der Waals surface area (Å²) in [5, 5.41) is 12.7. The molecule has 39 heavy (non-hydrogen) atoms. The van der Waals surface area contributed by atoms with E-state index in [0.717, 1.165) is 0 Å². The zero-order valence-electron chi connectivity index (χ0n) is 23.6.